The molecule has 0 aliphatic heterocycles. The van der Waals surface area contributed by atoms with Gasteiger partial charge in [0.2, 0.25) is 0 Å². The normalized spacial score (nSPS) is 11.8. The van der Waals surface area contributed by atoms with Gasteiger partial charge in [-0.3, -0.25) is 0 Å². The molecular weight excluding hydrogens is 165 g/mol. The van der Waals surface area contributed by atoms with Crippen molar-refractivity contribution in [3.05, 3.63) is 34.9 Å². The summed E-state index contributed by atoms with van der Waals surface area (Å²) in [4.78, 5) is 0. The molecule has 0 bridgehead atoms. The molecule has 0 saturated carbocycles. The number of benzene rings is 1. The maximum atomic E-state index is 12.1. The van der Waals surface area contributed by atoms with E-state index in [1.54, 1.807) is 19.9 Å². The Bertz CT molecular complexity index is 266. The van der Waals surface area contributed by atoms with Crippen LogP contribution in [0.2, 0.25) is 0 Å². The van der Waals surface area contributed by atoms with Gasteiger partial charge in [-0.05, 0) is 31.5 Å². The molecule has 0 N–H and O–H groups in total. The number of alkyl halides is 3. The molecule has 3 heteroatoms. The zero-order valence-electron chi connectivity index (χ0n) is 6.79. The fraction of sp³-hybridized carbons (Fsp3) is 0.333. The van der Waals surface area contributed by atoms with Crippen LogP contribution in [0.5, 0.6) is 0 Å². The summed E-state index contributed by atoms with van der Waals surface area (Å²) in [6.45, 7) is 3.23. The van der Waals surface area contributed by atoms with E-state index in [-0.39, 0.29) is 0 Å². The summed E-state index contributed by atoms with van der Waals surface area (Å²) >= 11 is 0. The predicted octanol–water partition coefficient (Wildman–Crippen LogP) is 3.12. The van der Waals surface area contributed by atoms with Gasteiger partial charge in [-0.25, -0.2) is 0 Å². The molecule has 12 heavy (non-hydrogen) atoms. The van der Waals surface area contributed by atoms with Crippen LogP contribution < -0.4 is 0 Å². The first-order valence-electron chi connectivity index (χ1n) is 3.47. The van der Waals surface area contributed by atoms with Gasteiger partial charge in [-0.2, -0.15) is 13.2 Å². The van der Waals surface area contributed by atoms with E-state index in [0.717, 1.165) is 6.07 Å². The van der Waals surface area contributed by atoms with Crippen LogP contribution in [-0.2, 0) is 6.18 Å². The van der Waals surface area contributed by atoms with E-state index in [1.165, 1.54) is 0 Å². The van der Waals surface area contributed by atoms with Crippen molar-refractivity contribution in [2.24, 2.45) is 0 Å². The molecule has 0 amide bonds. The Morgan fingerprint density at radius 2 is 1.75 bits per heavy atom. The lowest BCUT2D eigenvalue weighted by Crippen LogP contribution is -2.05. The summed E-state index contributed by atoms with van der Waals surface area (Å²) in [5, 5.41) is 0. The molecule has 1 radical (unpaired) electrons. The zero-order valence-corrected chi connectivity index (χ0v) is 6.79. The average molecular weight is 173 g/mol. The second-order valence-corrected chi connectivity index (χ2v) is 2.75. The quantitative estimate of drug-likeness (QED) is 0.565. The first-order chi connectivity index (χ1) is 5.39. The van der Waals surface area contributed by atoms with Gasteiger partial charge in [0.1, 0.15) is 0 Å². The Hall–Kier alpha value is -0.990. The van der Waals surface area contributed by atoms with Crippen LogP contribution in [-0.4, -0.2) is 0 Å². The lowest BCUT2D eigenvalue weighted by Gasteiger charge is -2.07. The van der Waals surface area contributed by atoms with Gasteiger partial charge in [0, 0.05) is 0 Å². The smallest absolute Gasteiger partial charge is 0.166 e. The number of halogens is 3. The third kappa shape index (κ3) is 2.00. The van der Waals surface area contributed by atoms with Crippen molar-refractivity contribution in [2.75, 3.05) is 0 Å². The first-order valence-corrected chi connectivity index (χ1v) is 3.47. The molecule has 1 aromatic rings. The van der Waals surface area contributed by atoms with Gasteiger partial charge >= 0.3 is 6.18 Å². The molecule has 0 atom stereocenters. The van der Waals surface area contributed by atoms with Crippen LogP contribution >= 0.6 is 0 Å². The Morgan fingerprint density at radius 1 is 1.17 bits per heavy atom. The van der Waals surface area contributed by atoms with Crippen molar-refractivity contribution in [1.82, 2.24) is 0 Å². The lowest BCUT2D eigenvalue weighted by atomic mass is 10.1. The molecule has 0 saturated heterocycles. The van der Waals surface area contributed by atoms with Gasteiger partial charge in [0.25, 0.3) is 0 Å². The van der Waals surface area contributed by atoms with Gasteiger partial charge in [0.15, 0.2) is 0 Å². The van der Waals surface area contributed by atoms with E-state index in [9.17, 15) is 13.2 Å². The van der Waals surface area contributed by atoms with Gasteiger partial charge in [-0.1, -0.05) is 11.6 Å². The van der Waals surface area contributed by atoms with Crippen molar-refractivity contribution in [1.29, 1.82) is 0 Å². The number of hydrogen-bond acceptors (Lipinski definition) is 0. The molecule has 0 aliphatic carbocycles. The van der Waals surface area contributed by atoms with Gasteiger partial charge in [0.05, 0.1) is 5.56 Å². The number of rotatable bonds is 0. The highest BCUT2D eigenvalue weighted by molar-refractivity contribution is 5.28. The van der Waals surface area contributed by atoms with Crippen LogP contribution in [0.15, 0.2) is 12.1 Å². The summed E-state index contributed by atoms with van der Waals surface area (Å²) < 4.78 is 36.3. The summed E-state index contributed by atoms with van der Waals surface area (Å²) in [6.07, 6.45) is -4.28. The summed E-state index contributed by atoms with van der Waals surface area (Å²) in [7, 11) is 0. The minimum Gasteiger partial charge on any atom is -0.166 e. The van der Waals surface area contributed by atoms with E-state index in [2.05, 4.69) is 6.07 Å². The van der Waals surface area contributed by atoms with E-state index >= 15 is 0 Å². The van der Waals surface area contributed by atoms with Crippen molar-refractivity contribution >= 4 is 0 Å². The highest BCUT2D eigenvalue weighted by Crippen LogP contribution is 2.29. The number of aryl methyl sites for hydroxylation is 2. The maximum absolute atomic E-state index is 12.1. The predicted molar refractivity (Wildman–Crippen MR) is 39.8 cm³/mol. The Labute approximate surface area is 69.0 Å². The van der Waals surface area contributed by atoms with Crippen molar-refractivity contribution < 1.29 is 13.2 Å². The van der Waals surface area contributed by atoms with Crippen molar-refractivity contribution in [2.45, 2.75) is 20.0 Å². The molecule has 0 unspecified atom stereocenters. The second-order valence-electron chi connectivity index (χ2n) is 2.75. The van der Waals surface area contributed by atoms with Gasteiger partial charge in [-0.15, -0.1) is 0 Å². The lowest BCUT2D eigenvalue weighted by molar-refractivity contribution is -0.137. The molecule has 0 spiro atoms. The maximum Gasteiger partial charge on any atom is 0.417 e. The first kappa shape index (κ1) is 9.10. The fourth-order valence-electron chi connectivity index (χ4n) is 1.05. The van der Waals surface area contributed by atoms with Crippen molar-refractivity contribution in [3.63, 3.8) is 0 Å². The molecule has 65 valence electrons. The Kier molecular flexibility index (Phi) is 2.13. The average Bonchev–Trinajstić information content (AvgIpc) is 1.82. The monoisotopic (exact) mass is 173 g/mol. The molecule has 0 aromatic heterocycles. The minimum atomic E-state index is -4.28. The topological polar surface area (TPSA) is 0 Å². The van der Waals surface area contributed by atoms with E-state index < -0.39 is 11.7 Å². The van der Waals surface area contributed by atoms with Crippen molar-refractivity contribution in [3.8, 4) is 0 Å². The summed E-state index contributed by atoms with van der Waals surface area (Å²) in [6, 6.07) is 5.02. The van der Waals surface area contributed by atoms with Crippen LogP contribution in [0, 0.1) is 19.9 Å². The minimum absolute atomic E-state index is 0.516. The highest BCUT2D eigenvalue weighted by Gasteiger charge is 2.30. The second kappa shape index (κ2) is 2.81. The zero-order chi connectivity index (χ0) is 9.35. The standard InChI is InChI=1S/C9H8F3/c1-6-3-7(2)5-8(4-6)9(10,11)12/h3-4H,1-2H3. The molecular formula is C9H8F3. The Balaban J connectivity index is 3.18. The molecule has 0 nitrogen and oxygen atoms in total. The highest BCUT2D eigenvalue weighted by atomic mass is 19.4. The largest absolute Gasteiger partial charge is 0.417 e. The van der Waals surface area contributed by atoms with Crippen LogP contribution in [0.3, 0.4) is 0 Å². The summed E-state index contributed by atoms with van der Waals surface area (Å²) in [5.74, 6) is 0. The van der Waals surface area contributed by atoms with Crippen LogP contribution in [0.4, 0.5) is 13.2 Å². The van der Waals surface area contributed by atoms with Gasteiger partial charge < -0.3 is 0 Å². The summed E-state index contributed by atoms with van der Waals surface area (Å²) in [5.41, 5.74) is 0.431. The van der Waals surface area contributed by atoms with E-state index in [0.29, 0.717) is 11.1 Å². The molecule has 1 aromatic carbocycles. The SMILES string of the molecule is Cc1[c]c(C(F)(F)F)cc(C)c1. The van der Waals surface area contributed by atoms with E-state index in [4.69, 9.17) is 0 Å². The van der Waals surface area contributed by atoms with Crippen LogP contribution in [0.25, 0.3) is 0 Å². The molecule has 0 aliphatic rings. The molecule has 0 fully saturated rings. The van der Waals surface area contributed by atoms with E-state index in [1.807, 2.05) is 0 Å². The number of hydrogen-bond donors (Lipinski definition) is 0. The molecule has 0 heterocycles. The third-order valence-corrected chi connectivity index (χ3v) is 1.45. The fourth-order valence-corrected chi connectivity index (χ4v) is 1.05. The molecule has 1 rings (SSSR count). The third-order valence-electron chi connectivity index (χ3n) is 1.45. The Morgan fingerprint density at radius 3 is 2.17 bits per heavy atom. The van der Waals surface area contributed by atoms with Crippen LogP contribution in [0.1, 0.15) is 16.7 Å².